The molecule has 1 aromatic carbocycles. The third-order valence-electron chi connectivity index (χ3n) is 5.20. The van der Waals surface area contributed by atoms with E-state index in [1.165, 1.54) is 12.1 Å². The van der Waals surface area contributed by atoms with Crippen molar-refractivity contribution in [1.82, 2.24) is 14.5 Å². The Morgan fingerprint density at radius 3 is 2.71 bits per heavy atom. The lowest BCUT2D eigenvalue weighted by Crippen LogP contribution is -2.23. The molecular weight excluding hydrogens is 385 g/mol. The summed E-state index contributed by atoms with van der Waals surface area (Å²) in [5, 5.41) is 23.5. The number of nitrogens with zero attached hydrogens (tertiary/aromatic N) is 4. The van der Waals surface area contributed by atoms with Crippen LogP contribution in [0.4, 0.5) is 10.1 Å². The molecule has 4 rings (SSSR count). The van der Waals surface area contributed by atoms with Crippen molar-refractivity contribution in [2.45, 2.75) is 31.7 Å². The fraction of sp³-hybridized carbons (Fsp3) is 0.389. The lowest BCUT2D eigenvalue weighted by atomic mass is 9.87. The smallest absolute Gasteiger partial charge is 0.253 e. The van der Waals surface area contributed by atoms with Crippen LogP contribution in [0.1, 0.15) is 31.7 Å². The van der Waals surface area contributed by atoms with E-state index in [-0.39, 0.29) is 29.8 Å². The van der Waals surface area contributed by atoms with Crippen molar-refractivity contribution in [2.75, 3.05) is 10.8 Å². The number of carbonyl (C=O) groups is 1. The molecule has 2 N–H and O–H groups in total. The molecule has 28 heavy (non-hydrogen) atoms. The number of benzene rings is 1. The number of halogens is 1. The van der Waals surface area contributed by atoms with E-state index in [1.54, 1.807) is 17.1 Å². The molecule has 146 valence electrons. The fourth-order valence-electron chi connectivity index (χ4n) is 3.70. The summed E-state index contributed by atoms with van der Waals surface area (Å²) in [7, 11) is 0. The van der Waals surface area contributed by atoms with Crippen molar-refractivity contribution in [3.63, 3.8) is 0 Å². The molecule has 1 saturated carbocycles. The minimum absolute atomic E-state index is 0.0843. The standard InChI is InChI=1S/C18H18FN5O3S/c19-17-14(5-6-15(25)18(17)24-10-16(26)22-28(24)27)12-8-21-23(9-12)13-3-1-11(7-20)2-4-13/h5-6,8-9,11,13,25H,1-4,10H2,(H,22,26). The molecule has 1 saturated heterocycles. The first kappa shape index (κ1) is 18.4. The van der Waals surface area contributed by atoms with Gasteiger partial charge in [-0.15, -0.1) is 0 Å². The lowest BCUT2D eigenvalue weighted by molar-refractivity contribution is -0.117. The van der Waals surface area contributed by atoms with Crippen molar-refractivity contribution in [3.05, 3.63) is 30.3 Å². The van der Waals surface area contributed by atoms with Crippen LogP contribution in [0.25, 0.3) is 11.1 Å². The van der Waals surface area contributed by atoms with Crippen molar-refractivity contribution in [1.29, 1.82) is 5.26 Å². The molecule has 1 aromatic heterocycles. The molecule has 2 heterocycles. The maximum absolute atomic E-state index is 15.2. The fourth-order valence-corrected chi connectivity index (χ4v) is 4.64. The Morgan fingerprint density at radius 2 is 2.07 bits per heavy atom. The summed E-state index contributed by atoms with van der Waals surface area (Å²) in [6, 6.07) is 5.19. The average Bonchev–Trinajstić information content (AvgIpc) is 3.29. The van der Waals surface area contributed by atoms with Crippen LogP contribution in [0.2, 0.25) is 0 Å². The van der Waals surface area contributed by atoms with Gasteiger partial charge in [0, 0.05) is 23.2 Å². The minimum atomic E-state index is -1.94. The zero-order valence-electron chi connectivity index (χ0n) is 14.8. The number of nitrogens with one attached hydrogen (secondary N) is 1. The number of rotatable bonds is 3. The van der Waals surface area contributed by atoms with Crippen LogP contribution in [0.15, 0.2) is 24.5 Å². The molecule has 1 atom stereocenters. The molecule has 1 unspecified atom stereocenters. The molecule has 8 nitrogen and oxygen atoms in total. The number of anilines is 1. The van der Waals surface area contributed by atoms with E-state index < -0.39 is 28.6 Å². The van der Waals surface area contributed by atoms with Crippen molar-refractivity contribution in [3.8, 4) is 22.9 Å². The van der Waals surface area contributed by atoms with E-state index in [9.17, 15) is 14.1 Å². The number of hydrogen-bond donors (Lipinski definition) is 2. The Morgan fingerprint density at radius 1 is 1.32 bits per heavy atom. The van der Waals surface area contributed by atoms with Gasteiger partial charge in [-0.25, -0.2) is 8.60 Å². The first-order valence-corrected chi connectivity index (χ1v) is 10.0. The van der Waals surface area contributed by atoms with Gasteiger partial charge >= 0.3 is 0 Å². The van der Waals surface area contributed by atoms with Crippen LogP contribution in [0, 0.1) is 23.1 Å². The van der Waals surface area contributed by atoms with E-state index in [1.807, 2.05) is 0 Å². The highest BCUT2D eigenvalue weighted by Gasteiger charge is 2.32. The van der Waals surface area contributed by atoms with Gasteiger partial charge in [0.05, 0.1) is 18.3 Å². The number of phenolic OH excluding ortho intramolecular Hbond substituents is 1. The van der Waals surface area contributed by atoms with E-state index >= 15 is 4.39 Å². The molecule has 2 aliphatic rings. The number of hydrogen-bond acceptors (Lipinski definition) is 5. The number of carbonyl (C=O) groups excluding carboxylic acids is 1. The zero-order chi connectivity index (χ0) is 19.8. The molecule has 1 amide bonds. The van der Waals surface area contributed by atoms with Gasteiger partial charge in [-0.2, -0.15) is 10.4 Å². The summed E-state index contributed by atoms with van der Waals surface area (Å²) in [4.78, 5) is 11.5. The molecule has 2 aromatic rings. The molecule has 1 aliphatic heterocycles. The van der Waals surface area contributed by atoms with Gasteiger partial charge in [-0.05, 0) is 37.8 Å². The quantitative estimate of drug-likeness (QED) is 0.816. The predicted octanol–water partition coefficient (Wildman–Crippen LogP) is 2.16. The monoisotopic (exact) mass is 403 g/mol. The SMILES string of the molecule is N#CC1CCC(n2cc(-c3ccc(O)c(N4CC(=O)NS4=O)c3F)cn2)CC1. The zero-order valence-corrected chi connectivity index (χ0v) is 15.7. The highest BCUT2D eigenvalue weighted by molar-refractivity contribution is 7.85. The molecular formula is C18H18FN5O3S. The predicted molar refractivity (Wildman–Crippen MR) is 99.5 cm³/mol. The summed E-state index contributed by atoms with van der Waals surface area (Å²) in [5.41, 5.74) is 0.433. The van der Waals surface area contributed by atoms with Crippen LogP contribution in [-0.2, 0) is 16.0 Å². The van der Waals surface area contributed by atoms with Gasteiger partial charge in [0.2, 0.25) is 11.2 Å². The van der Waals surface area contributed by atoms with E-state index in [2.05, 4.69) is 15.9 Å². The topological polar surface area (TPSA) is 111 Å². The summed E-state index contributed by atoms with van der Waals surface area (Å²) < 4.78 is 32.1. The number of phenols is 1. The first-order chi connectivity index (χ1) is 13.5. The van der Waals surface area contributed by atoms with Crippen LogP contribution >= 0.6 is 0 Å². The second-order valence-corrected chi connectivity index (χ2v) is 8.09. The Labute approximate surface area is 163 Å². The molecule has 2 fully saturated rings. The summed E-state index contributed by atoms with van der Waals surface area (Å²) in [5.74, 6) is -1.59. The van der Waals surface area contributed by atoms with E-state index in [0.29, 0.717) is 5.56 Å². The second kappa shape index (κ2) is 7.24. The number of aromatic nitrogens is 2. The highest BCUT2D eigenvalue weighted by Crippen LogP contribution is 2.39. The Bertz CT molecular complexity index is 994. The maximum Gasteiger partial charge on any atom is 0.253 e. The molecule has 0 bridgehead atoms. The van der Waals surface area contributed by atoms with Gasteiger partial charge < -0.3 is 5.11 Å². The van der Waals surface area contributed by atoms with Gasteiger partial charge in [0.15, 0.2) is 5.82 Å². The summed E-state index contributed by atoms with van der Waals surface area (Å²) in [6.45, 7) is -0.304. The van der Waals surface area contributed by atoms with E-state index in [4.69, 9.17) is 5.26 Å². The first-order valence-electron chi connectivity index (χ1n) is 8.92. The van der Waals surface area contributed by atoms with Gasteiger partial charge in [0.1, 0.15) is 18.0 Å². The van der Waals surface area contributed by atoms with Gasteiger partial charge in [-0.3, -0.25) is 18.5 Å². The van der Waals surface area contributed by atoms with Gasteiger partial charge in [0.25, 0.3) is 5.91 Å². The van der Waals surface area contributed by atoms with Crippen molar-refractivity contribution in [2.24, 2.45) is 5.92 Å². The summed E-state index contributed by atoms with van der Waals surface area (Å²) in [6.07, 6.45) is 6.58. The molecule has 10 heteroatoms. The number of aromatic hydroxyl groups is 1. The Balaban J connectivity index is 1.63. The van der Waals surface area contributed by atoms with Gasteiger partial charge in [-0.1, -0.05) is 0 Å². The minimum Gasteiger partial charge on any atom is -0.506 e. The number of nitriles is 1. The summed E-state index contributed by atoms with van der Waals surface area (Å²) >= 11 is -1.94. The van der Waals surface area contributed by atoms with Crippen LogP contribution in [0.3, 0.4) is 0 Å². The Hall–Kier alpha value is -2.93. The third kappa shape index (κ3) is 3.22. The highest BCUT2D eigenvalue weighted by atomic mass is 32.2. The van der Waals surface area contributed by atoms with Crippen LogP contribution in [0.5, 0.6) is 5.75 Å². The van der Waals surface area contributed by atoms with Crippen LogP contribution < -0.4 is 9.03 Å². The van der Waals surface area contributed by atoms with Crippen molar-refractivity contribution < 1.29 is 18.5 Å². The second-order valence-electron chi connectivity index (χ2n) is 6.95. The lowest BCUT2D eigenvalue weighted by Gasteiger charge is -2.24. The molecule has 0 radical (unpaired) electrons. The van der Waals surface area contributed by atoms with E-state index in [0.717, 1.165) is 30.0 Å². The number of amides is 1. The Kier molecular flexibility index (Phi) is 4.77. The third-order valence-corrected chi connectivity index (χ3v) is 6.31. The average molecular weight is 403 g/mol. The molecule has 1 aliphatic carbocycles. The maximum atomic E-state index is 15.2. The van der Waals surface area contributed by atoms with Crippen molar-refractivity contribution >= 4 is 22.8 Å². The van der Waals surface area contributed by atoms with Crippen LogP contribution in [-0.4, -0.2) is 31.5 Å². The largest absolute Gasteiger partial charge is 0.506 e. The normalized spacial score (nSPS) is 24.8. The molecule has 0 spiro atoms.